The molecule has 0 unspecified atom stereocenters. The molecular weight excluding hydrogens is 436 g/mol. The van der Waals surface area contributed by atoms with Crippen LogP contribution in [-0.4, -0.2) is 40.1 Å². The predicted molar refractivity (Wildman–Crippen MR) is 114 cm³/mol. The number of nitro benzene ring substituents is 1. The number of nitro groups is 1. The summed E-state index contributed by atoms with van der Waals surface area (Å²) in [4.78, 5) is 54.6. The highest BCUT2D eigenvalue weighted by atomic mass is 35.5. The van der Waals surface area contributed by atoms with E-state index >= 15 is 0 Å². The number of hydrogen-bond acceptors (Lipinski definition) is 6. The Bertz CT molecular complexity index is 1250. The standard InChI is InChI=1S/C22H17ClN4O5/c23-14-7-2-6-13-18(14)24-21(30)22(13)17-16(15-8-3-9-25(15)22)19(28)26(20(17)29)11-4-1-5-12(10-11)27(31)32/h1-2,4-7,10,15-17H,3,8-9H2,(H,24,30)/t15-,16+,17+,22+/m0/s1. The summed E-state index contributed by atoms with van der Waals surface area (Å²) in [5.41, 5.74) is -0.314. The molecule has 9 nitrogen and oxygen atoms in total. The van der Waals surface area contributed by atoms with Gasteiger partial charge in [0.2, 0.25) is 11.8 Å². The molecule has 2 aromatic rings. The van der Waals surface area contributed by atoms with E-state index in [0.717, 1.165) is 11.3 Å². The number of amides is 3. The first-order chi connectivity index (χ1) is 15.4. The molecule has 0 aliphatic carbocycles. The van der Waals surface area contributed by atoms with Crippen molar-refractivity contribution < 1.29 is 19.3 Å². The molecule has 162 valence electrons. The first kappa shape index (κ1) is 19.4. The van der Waals surface area contributed by atoms with Gasteiger partial charge in [0.05, 0.1) is 33.2 Å². The molecule has 3 fully saturated rings. The summed E-state index contributed by atoms with van der Waals surface area (Å²) in [5.74, 6) is -2.93. The average molecular weight is 453 g/mol. The zero-order chi connectivity index (χ0) is 22.4. The summed E-state index contributed by atoms with van der Waals surface area (Å²) in [6, 6.07) is 10.4. The van der Waals surface area contributed by atoms with Crippen molar-refractivity contribution in [3.63, 3.8) is 0 Å². The van der Waals surface area contributed by atoms with E-state index in [2.05, 4.69) is 5.32 Å². The van der Waals surface area contributed by atoms with Gasteiger partial charge in [-0.15, -0.1) is 0 Å². The Morgan fingerprint density at radius 3 is 2.69 bits per heavy atom. The van der Waals surface area contributed by atoms with Crippen molar-refractivity contribution in [2.75, 3.05) is 16.8 Å². The van der Waals surface area contributed by atoms with Crippen LogP contribution >= 0.6 is 11.6 Å². The summed E-state index contributed by atoms with van der Waals surface area (Å²) in [5, 5.41) is 14.5. The molecule has 0 bridgehead atoms. The Hall–Kier alpha value is -3.30. The lowest BCUT2D eigenvalue weighted by molar-refractivity contribution is -0.384. The van der Waals surface area contributed by atoms with E-state index in [4.69, 9.17) is 11.6 Å². The molecule has 32 heavy (non-hydrogen) atoms. The quantitative estimate of drug-likeness (QED) is 0.426. The molecule has 0 saturated carbocycles. The van der Waals surface area contributed by atoms with Crippen LogP contribution < -0.4 is 10.2 Å². The molecule has 1 spiro atoms. The third-order valence-corrected chi connectivity index (χ3v) is 7.59. The minimum absolute atomic E-state index is 0.146. The number of nitrogens with zero attached hydrogens (tertiary/aromatic N) is 3. The van der Waals surface area contributed by atoms with Crippen molar-refractivity contribution in [2.45, 2.75) is 24.4 Å². The summed E-state index contributed by atoms with van der Waals surface area (Å²) in [6.45, 7) is 0.592. The number of hydrogen-bond donors (Lipinski definition) is 1. The number of rotatable bonds is 2. The number of nitrogens with one attached hydrogen (secondary N) is 1. The molecule has 3 saturated heterocycles. The van der Waals surface area contributed by atoms with Gasteiger partial charge in [0, 0.05) is 23.7 Å². The van der Waals surface area contributed by atoms with E-state index in [1.54, 1.807) is 18.2 Å². The maximum Gasteiger partial charge on any atom is 0.271 e. The van der Waals surface area contributed by atoms with Gasteiger partial charge in [-0.25, -0.2) is 4.90 Å². The van der Waals surface area contributed by atoms with Crippen LogP contribution in [0, 0.1) is 22.0 Å². The molecule has 10 heteroatoms. The van der Waals surface area contributed by atoms with Crippen molar-refractivity contribution in [2.24, 2.45) is 11.8 Å². The first-order valence-corrected chi connectivity index (χ1v) is 10.7. The van der Waals surface area contributed by atoms with Crippen molar-refractivity contribution in [1.29, 1.82) is 0 Å². The molecule has 0 aromatic heterocycles. The highest BCUT2D eigenvalue weighted by Crippen LogP contribution is 2.61. The molecule has 4 atom stereocenters. The average Bonchev–Trinajstić information content (AvgIpc) is 3.47. The van der Waals surface area contributed by atoms with Crippen molar-refractivity contribution in [1.82, 2.24) is 4.90 Å². The van der Waals surface area contributed by atoms with Crippen molar-refractivity contribution >= 4 is 46.4 Å². The van der Waals surface area contributed by atoms with Crippen molar-refractivity contribution in [3.8, 4) is 0 Å². The number of anilines is 2. The number of imide groups is 1. The van der Waals surface area contributed by atoms with Crippen LogP contribution in [0.1, 0.15) is 18.4 Å². The normalized spacial score (nSPS) is 30.6. The molecular formula is C22H17ClN4O5. The number of para-hydroxylation sites is 1. The van der Waals surface area contributed by atoms with Crippen LogP contribution in [0.5, 0.6) is 0 Å². The molecule has 3 amide bonds. The van der Waals surface area contributed by atoms with Gasteiger partial charge in [-0.1, -0.05) is 29.8 Å². The second-order valence-corrected chi connectivity index (χ2v) is 8.99. The van der Waals surface area contributed by atoms with Crippen LogP contribution in [0.3, 0.4) is 0 Å². The zero-order valence-electron chi connectivity index (χ0n) is 16.7. The van der Waals surface area contributed by atoms with E-state index < -0.39 is 34.1 Å². The fraction of sp³-hybridized carbons (Fsp3) is 0.318. The van der Waals surface area contributed by atoms with E-state index in [0.29, 0.717) is 29.2 Å². The number of non-ortho nitro benzene ring substituents is 1. The van der Waals surface area contributed by atoms with Gasteiger partial charge in [0.25, 0.3) is 11.6 Å². The predicted octanol–water partition coefficient (Wildman–Crippen LogP) is 2.68. The molecule has 2 aromatic carbocycles. The monoisotopic (exact) mass is 452 g/mol. The fourth-order valence-corrected chi connectivity index (χ4v) is 6.42. The third kappa shape index (κ3) is 2.14. The van der Waals surface area contributed by atoms with Gasteiger partial charge < -0.3 is 5.32 Å². The summed E-state index contributed by atoms with van der Waals surface area (Å²) >= 11 is 6.36. The Labute approximate surface area is 187 Å². The SMILES string of the molecule is O=C1[C@@H]2[C@@H]3CCCN3[C@@]3(C(=O)Nc4c(Cl)cccc43)[C@H]2C(=O)N1c1cccc([N+](=O)[O-])c1. The van der Waals surface area contributed by atoms with E-state index in [9.17, 15) is 24.5 Å². The highest BCUT2D eigenvalue weighted by Gasteiger charge is 2.74. The van der Waals surface area contributed by atoms with Gasteiger partial charge in [-0.2, -0.15) is 0 Å². The van der Waals surface area contributed by atoms with Gasteiger partial charge >= 0.3 is 0 Å². The number of benzene rings is 2. The first-order valence-electron chi connectivity index (χ1n) is 10.4. The molecule has 1 N–H and O–H groups in total. The second-order valence-electron chi connectivity index (χ2n) is 8.58. The molecule has 4 aliphatic heterocycles. The Morgan fingerprint density at radius 1 is 1.12 bits per heavy atom. The fourth-order valence-electron chi connectivity index (χ4n) is 6.19. The van der Waals surface area contributed by atoms with Crippen LogP contribution in [0.25, 0.3) is 0 Å². The summed E-state index contributed by atoms with van der Waals surface area (Å²) in [6.07, 6.45) is 1.49. The summed E-state index contributed by atoms with van der Waals surface area (Å²) < 4.78 is 0. The van der Waals surface area contributed by atoms with Crippen LogP contribution in [0.2, 0.25) is 5.02 Å². The number of carbonyl (C=O) groups is 3. The maximum absolute atomic E-state index is 13.8. The minimum Gasteiger partial charge on any atom is -0.323 e. The lowest BCUT2D eigenvalue weighted by Crippen LogP contribution is -2.54. The van der Waals surface area contributed by atoms with Crippen molar-refractivity contribution in [3.05, 3.63) is 63.2 Å². The molecule has 6 rings (SSSR count). The topological polar surface area (TPSA) is 113 Å². The Balaban J connectivity index is 1.54. The van der Waals surface area contributed by atoms with Gasteiger partial charge in [0.15, 0.2) is 0 Å². The smallest absolute Gasteiger partial charge is 0.271 e. The third-order valence-electron chi connectivity index (χ3n) is 7.28. The Kier molecular flexibility index (Phi) is 3.86. The van der Waals surface area contributed by atoms with Gasteiger partial charge in [0.1, 0.15) is 5.54 Å². The van der Waals surface area contributed by atoms with Crippen LogP contribution in [-0.2, 0) is 19.9 Å². The Morgan fingerprint density at radius 2 is 1.91 bits per heavy atom. The highest BCUT2D eigenvalue weighted by molar-refractivity contribution is 6.35. The molecule has 4 aliphatic rings. The second kappa shape index (κ2) is 6.36. The number of fused-ring (bicyclic) bond motifs is 7. The van der Waals surface area contributed by atoms with E-state index in [1.807, 2.05) is 4.90 Å². The van der Waals surface area contributed by atoms with E-state index in [-0.39, 0.29) is 23.3 Å². The van der Waals surface area contributed by atoms with Gasteiger partial charge in [-0.05, 0) is 31.5 Å². The van der Waals surface area contributed by atoms with Gasteiger partial charge in [-0.3, -0.25) is 29.4 Å². The lowest BCUT2D eigenvalue weighted by atomic mass is 9.75. The molecule has 4 heterocycles. The summed E-state index contributed by atoms with van der Waals surface area (Å²) in [7, 11) is 0. The number of carbonyl (C=O) groups excluding carboxylic acids is 3. The largest absolute Gasteiger partial charge is 0.323 e. The zero-order valence-corrected chi connectivity index (χ0v) is 17.4. The molecule has 0 radical (unpaired) electrons. The lowest BCUT2D eigenvalue weighted by Gasteiger charge is -2.36. The maximum atomic E-state index is 13.8. The van der Waals surface area contributed by atoms with Crippen LogP contribution in [0.15, 0.2) is 42.5 Å². The number of halogens is 1. The van der Waals surface area contributed by atoms with E-state index in [1.165, 1.54) is 24.3 Å². The van der Waals surface area contributed by atoms with Crippen LogP contribution in [0.4, 0.5) is 17.1 Å². The minimum atomic E-state index is -1.33.